The SMILES string of the molecule is Nc1cccc(C23CCN(CC2)CC3)c1. The van der Waals surface area contributed by atoms with Crippen molar-refractivity contribution in [3.05, 3.63) is 29.8 Å². The van der Waals surface area contributed by atoms with E-state index in [1.54, 1.807) is 0 Å². The minimum atomic E-state index is 0.449. The van der Waals surface area contributed by atoms with E-state index in [0.717, 1.165) is 5.69 Å². The van der Waals surface area contributed by atoms with E-state index in [4.69, 9.17) is 5.73 Å². The van der Waals surface area contributed by atoms with Crippen LogP contribution in [0.25, 0.3) is 0 Å². The fourth-order valence-corrected chi connectivity index (χ4v) is 3.13. The van der Waals surface area contributed by atoms with Gasteiger partial charge in [0.25, 0.3) is 0 Å². The molecule has 0 aliphatic carbocycles. The summed E-state index contributed by atoms with van der Waals surface area (Å²) in [7, 11) is 0. The number of hydrogen-bond acceptors (Lipinski definition) is 2. The number of hydrogen-bond donors (Lipinski definition) is 1. The summed E-state index contributed by atoms with van der Waals surface area (Å²) >= 11 is 0. The van der Waals surface area contributed by atoms with E-state index in [1.807, 2.05) is 6.07 Å². The zero-order valence-electron chi connectivity index (χ0n) is 9.08. The second-order valence-electron chi connectivity index (χ2n) is 5.00. The van der Waals surface area contributed by atoms with Gasteiger partial charge in [-0.1, -0.05) is 12.1 Å². The Balaban J connectivity index is 1.97. The maximum absolute atomic E-state index is 5.88. The minimum absolute atomic E-state index is 0.449. The molecule has 0 unspecified atom stereocenters. The highest BCUT2D eigenvalue weighted by Crippen LogP contribution is 2.42. The molecule has 4 rings (SSSR count). The Morgan fingerprint density at radius 1 is 1.07 bits per heavy atom. The van der Waals surface area contributed by atoms with E-state index in [0.29, 0.717) is 5.41 Å². The number of nitrogens with two attached hydrogens (primary N) is 1. The number of fused-ring (bicyclic) bond motifs is 3. The molecule has 15 heavy (non-hydrogen) atoms. The van der Waals surface area contributed by atoms with Crippen LogP contribution < -0.4 is 5.73 Å². The van der Waals surface area contributed by atoms with Crippen LogP contribution in [-0.4, -0.2) is 24.5 Å². The quantitative estimate of drug-likeness (QED) is 0.706. The first kappa shape index (κ1) is 9.22. The molecular formula is C13H18N2. The molecule has 2 N–H and O–H groups in total. The third-order valence-corrected chi connectivity index (χ3v) is 4.22. The van der Waals surface area contributed by atoms with Crippen LogP contribution in [0.5, 0.6) is 0 Å². The molecule has 3 aliphatic rings. The normalized spacial score (nSPS) is 34.3. The van der Waals surface area contributed by atoms with E-state index < -0.39 is 0 Å². The van der Waals surface area contributed by atoms with Crippen molar-refractivity contribution >= 4 is 5.69 Å². The summed E-state index contributed by atoms with van der Waals surface area (Å²) in [6, 6.07) is 8.52. The zero-order chi connectivity index (χ0) is 10.3. The van der Waals surface area contributed by atoms with Crippen LogP contribution in [-0.2, 0) is 5.41 Å². The first-order valence-electron chi connectivity index (χ1n) is 5.87. The van der Waals surface area contributed by atoms with E-state index in [9.17, 15) is 0 Å². The zero-order valence-corrected chi connectivity index (χ0v) is 9.08. The number of benzene rings is 1. The maximum Gasteiger partial charge on any atom is 0.0316 e. The summed E-state index contributed by atoms with van der Waals surface area (Å²) in [6.07, 6.45) is 3.95. The van der Waals surface area contributed by atoms with Crippen molar-refractivity contribution < 1.29 is 0 Å². The lowest BCUT2D eigenvalue weighted by molar-refractivity contribution is 0.0818. The van der Waals surface area contributed by atoms with Crippen molar-refractivity contribution in [2.45, 2.75) is 24.7 Å². The Morgan fingerprint density at radius 2 is 1.73 bits per heavy atom. The highest BCUT2D eigenvalue weighted by molar-refractivity contribution is 5.44. The average Bonchev–Trinajstić information content (AvgIpc) is 2.31. The van der Waals surface area contributed by atoms with Gasteiger partial charge in [-0.05, 0) is 62.0 Å². The molecule has 1 aromatic carbocycles. The number of rotatable bonds is 1. The fraction of sp³-hybridized carbons (Fsp3) is 0.538. The molecule has 3 heterocycles. The monoisotopic (exact) mass is 202 g/mol. The molecule has 80 valence electrons. The van der Waals surface area contributed by atoms with Gasteiger partial charge in [-0.2, -0.15) is 0 Å². The molecule has 3 fully saturated rings. The van der Waals surface area contributed by atoms with Gasteiger partial charge in [0.05, 0.1) is 0 Å². The lowest BCUT2D eigenvalue weighted by Crippen LogP contribution is -2.50. The van der Waals surface area contributed by atoms with Gasteiger partial charge in [0.1, 0.15) is 0 Å². The first-order valence-corrected chi connectivity index (χ1v) is 5.87. The van der Waals surface area contributed by atoms with Crippen molar-refractivity contribution in [2.75, 3.05) is 25.4 Å². The number of nitrogens with zero attached hydrogens (tertiary/aromatic N) is 1. The molecule has 0 amide bonds. The second kappa shape index (κ2) is 3.24. The molecule has 3 saturated heterocycles. The third kappa shape index (κ3) is 1.44. The Bertz CT molecular complexity index is 351. The lowest BCUT2D eigenvalue weighted by atomic mass is 9.67. The van der Waals surface area contributed by atoms with Gasteiger partial charge in [0, 0.05) is 5.69 Å². The summed E-state index contributed by atoms with van der Waals surface area (Å²) in [4.78, 5) is 2.58. The van der Waals surface area contributed by atoms with E-state index in [1.165, 1.54) is 44.5 Å². The predicted molar refractivity (Wildman–Crippen MR) is 62.8 cm³/mol. The van der Waals surface area contributed by atoms with Crippen molar-refractivity contribution in [3.63, 3.8) is 0 Å². The molecule has 0 aromatic heterocycles. The van der Waals surface area contributed by atoms with E-state index >= 15 is 0 Å². The van der Waals surface area contributed by atoms with Gasteiger partial charge in [0.15, 0.2) is 0 Å². The summed E-state index contributed by atoms with van der Waals surface area (Å²) in [5.74, 6) is 0. The van der Waals surface area contributed by atoms with Crippen molar-refractivity contribution in [1.82, 2.24) is 4.90 Å². The van der Waals surface area contributed by atoms with Crippen LogP contribution in [0.3, 0.4) is 0 Å². The minimum Gasteiger partial charge on any atom is -0.399 e. The topological polar surface area (TPSA) is 29.3 Å². The Kier molecular flexibility index (Phi) is 1.99. The molecule has 0 saturated carbocycles. The van der Waals surface area contributed by atoms with Crippen LogP contribution in [0.15, 0.2) is 24.3 Å². The summed E-state index contributed by atoms with van der Waals surface area (Å²) in [6.45, 7) is 3.82. The van der Waals surface area contributed by atoms with Gasteiger partial charge >= 0.3 is 0 Å². The average molecular weight is 202 g/mol. The molecule has 0 radical (unpaired) electrons. The van der Waals surface area contributed by atoms with E-state index in [-0.39, 0.29) is 0 Å². The Labute approximate surface area is 91.1 Å². The first-order chi connectivity index (χ1) is 7.28. The molecule has 2 bridgehead atoms. The van der Waals surface area contributed by atoms with Crippen LogP contribution in [0.2, 0.25) is 0 Å². The summed E-state index contributed by atoms with van der Waals surface area (Å²) < 4.78 is 0. The molecule has 0 spiro atoms. The van der Waals surface area contributed by atoms with Crippen LogP contribution in [0.1, 0.15) is 24.8 Å². The van der Waals surface area contributed by atoms with Gasteiger partial charge in [-0.15, -0.1) is 0 Å². The summed E-state index contributed by atoms with van der Waals surface area (Å²) in [5.41, 5.74) is 8.72. The van der Waals surface area contributed by atoms with Gasteiger partial charge in [-0.25, -0.2) is 0 Å². The van der Waals surface area contributed by atoms with Crippen LogP contribution >= 0.6 is 0 Å². The molecule has 0 atom stereocenters. The van der Waals surface area contributed by atoms with Gasteiger partial charge in [-0.3, -0.25) is 0 Å². The summed E-state index contributed by atoms with van der Waals surface area (Å²) in [5, 5.41) is 0. The van der Waals surface area contributed by atoms with Crippen LogP contribution in [0, 0.1) is 0 Å². The van der Waals surface area contributed by atoms with Crippen molar-refractivity contribution in [2.24, 2.45) is 0 Å². The largest absolute Gasteiger partial charge is 0.399 e. The van der Waals surface area contributed by atoms with E-state index in [2.05, 4.69) is 23.1 Å². The van der Waals surface area contributed by atoms with Crippen molar-refractivity contribution in [1.29, 1.82) is 0 Å². The second-order valence-corrected chi connectivity index (χ2v) is 5.00. The molecule has 2 nitrogen and oxygen atoms in total. The van der Waals surface area contributed by atoms with Crippen molar-refractivity contribution in [3.8, 4) is 0 Å². The van der Waals surface area contributed by atoms with Gasteiger partial charge in [0.2, 0.25) is 0 Å². The predicted octanol–water partition coefficient (Wildman–Crippen LogP) is 2.01. The van der Waals surface area contributed by atoms with Gasteiger partial charge < -0.3 is 10.6 Å². The Morgan fingerprint density at radius 3 is 2.33 bits per heavy atom. The standard InChI is InChI=1S/C13H18N2/c14-12-3-1-2-11(10-12)13-4-7-15(8-5-13)9-6-13/h1-3,10H,4-9,14H2. The molecule has 1 aromatic rings. The fourth-order valence-electron chi connectivity index (χ4n) is 3.13. The number of anilines is 1. The highest BCUT2D eigenvalue weighted by atomic mass is 15.1. The molecule has 3 aliphatic heterocycles. The smallest absolute Gasteiger partial charge is 0.0316 e. The molecule has 2 heteroatoms. The molecular weight excluding hydrogens is 184 g/mol. The Hall–Kier alpha value is -1.02. The number of piperidine rings is 3. The van der Waals surface area contributed by atoms with Crippen LogP contribution in [0.4, 0.5) is 5.69 Å². The third-order valence-electron chi connectivity index (χ3n) is 4.22. The highest BCUT2D eigenvalue weighted by Gasteiger charge is 2.40. The lowest BCUT2D eigenvalue weighted by Gasteiger charge is -2.49. The number of nitrogen functional groups attached to an aromatic ring is 1. The maximum atomic E-state index is 5.88.